The molecule has 0 N–H and O–H groups in total. The van der Waals surface area contributed by atoms with Gasteiger partial charge in [0.1, 0.15) is 6.67 Å². The van der Waals surface area contributed by atoms with Crippen molar-refractivity contribution in [2.75, 3.05) is 18.1 Å². The van der Waals surface area contributed by atoms with Crippen molar-refractivity contribution >= 4 is 17.5 Å². The lowest BCUT2D eigenvalue weighted by Crippen LogP contribution is -2.42. The summed E-state index contributed by atoms with van der Waals surface area (Å²) in [5.74, 6) is -0.558. The van der Waals surface area contributed by atoms with E-state index in [4.69, 9.17) is 0 Å². The van der Waals surface area contributed by atoms with Gasteiger partial charge in [0, 0.05) is 24.2 Å². The number of likely N-dealkylation sites (tertiary alicyclic amines) is 1. The number of halogens is 3. The molecule has 2 aromatic carbocycles. The number of hydrogen-bond donors (Lipinski definition) is 0. The number of alkyl halides is 3. The highest BCUT2D eigenvalue weighted by molar-refractivity contribution is 6.06. The molecule has 1 aliphatic rings. The molecular weight excluding hydrogens is 393 g/mol. The fraction of sp³-hybridized carbons (Fsp3) is 0.391. The van der Waals surface area contributed by atoms with Gasteiger partial charge in [0.25, 0.3) is 5.91 Å². The molecule has 0 aliphatic carbocycles. The largest absolute Gasteiger partial charge is 0.416 e. The molecule has 0 saturated carbocycles. The van der Waals surface area contributed by atoms with Crippen molar-refractivity contribution in [3.63, 3.8) is 0 Å². The van der Waals surface area contributed by atoms with Crippen molar-refractivity contribution in [1.82, 2.24) is 4.90 Å². The summed E-state index contributed by atoms with van der Waals surface area (Å²) < 4.78 is 39.6. The van der Waals surface area contributed by atoms with Crippen LogP contribution in [0.1, 0.15) is 55.1 Å². The van der Waals surface area contributed by atoms with Crippen LogP contribution in [0.25, 0.3) is 0 Å². The smallest absolute Gasteiger partial charge is 0.324 e. The maximum Gasteiger partial charge on any atom is 0.416 e. The van der Waals surface area contributed by atoms with Crippen LogP contribution in [0.4, 0.5) is 18.9 Å². The van der Waals surface area contributed by atoms with Crippen LogP contribution in [0.2, 0.25) is 0 Å². The van der Waals surface area contributed by atoms with Crippen molar-refractivity contribution in [3.8, 4) is 0 Å². The number of carbonyl (C=O) groups is 2. The minimum absolute atomic E-state index is 0.0833. The van der Waals surface area contributed by atoms with E-state index in [1.165, 1.54) is 21.9 Å². The molecule has 7 heteroatoms. The summed E-state index contributed by atoms with van der Waals surface area (Å²) in [5.41, 5.74) is 0.569. The third-order valence-electron chi connectivity index (χ3n) is 5.21. The average molecular weight is 418 g/mol. The third kappa shape index (κ3) is 4.83. The van der Waals surface area contributed by atoms with Gasteiger partial charge in [-0.3, -0.25) is 14.5 Å². The number of nitrogens with zero attached hydrogens (tertiary/aromatic N) is 2. The molecule has 0 radical (unpaired) electrons. The Balaban J connectivity index is 1.97. The fourth-order valence-electron chi connectivity index (χ4n) is 3.41. The Hall–Kier alpha value is -2.83. The van der Waals surface area contributed by atoms with Crippen LogP contribution in [-0.4, -0.2) is 29.9 Å². The molecular formula is C23H25F3N2O2. The molecule has 1 heterocycles. The number of amides is 2. The van der Waals surface area contributed by atoms with Gasteiger partial charge in [-0.2, -0.15) is 13.2 Å². The van der Waals surface area contributed by atoms with Gasteiger partial charge in [0.05, 0.1) is 5.56 Å². The summed E-state index contributed by atoms with van der Waals surface area (Å²) in [6.45, 7) is 6.55. The van der Waals surface area contributed by atoms with Gasteiger partial charge < -0.3 is 4.90 Å². The first-order valence-electron chi connectivity index (χ1n) is 9.84. The van der Waals surface area contributed by atoms with Crippen LogP contribution >= 0.6 is 0 Å². The van der Waals surface area contributed by atoms with Crippen LogP contribution in [0, 0.1) is 0 Å². The third-order valence-corrected chi connectivity index (χ3v) is 5.21. The summed E-state index contributed by atoms with van der Waals surface area (Å²) in [6.07, 6.45) is -3.48. The second kappa shape index (κ2) is 8.13. The van der Waals surface area contributed by atoms with Gasteiger partial charge in [-0.05, 0) is 47.7 Å². The predicted molar refractivity (Wildman–Crippen MR) is 109 cm³/mol. The van der Waals surface area contributed by atoms with E-state index in [9.17, 15) is 22.8 Å². The molecule has 0 aromatic heterocycles. The summed E-state index contributed by atoms with van der Waals surface area (Å²) in [4.78, 5) is 28.1. The van der Waals surface area contributed by atoms with Gasteiger partial charge in [0.2, 0.25) is 5.91 Å². The lowest BCUT2D eigenvalue weighted by molar-refractivity contribution is -0.137. The van der Waals surface area contributed by atoms with Crippen LogP contribution in [0.3, 0.4) is 0 Å². The summed E-state index contributed by atoms with van der Waals surface area (Å²) >= 11 is 0. The Kier molecular flexibility index (Phi) is 5.92. The Bertz CT molecular complexity index is 931. The highest BCUT2D eigenvalue weighted by Gasteiger charge is 2.32. The number of hydrogen-bond acceptors (Lipinski definition) is 2. The Morgan fingerprint density at radius 1 is 1.03 bits per heavy atom. The zero-order valence-corrected chi connectivity index (χ0v) is 17.3. The van der Waals surface area contributed by atoms with E-state index in [1.807, 2.05) is 12.1 Å². The fourth-order valence-corrected chi connectivity index (χ4v) is 3.41. The number of anilines is 1. The average Bonchev–Trinajstić information content (AvgIpc) is 3.09. The summed E-state index contributed by atoms with van der Waals surface area (Å²) in [6, 6.07) is 11.7. The first-order valence-corrected chi connectivity index (χ1v) is 9.84. The van der Waals surface area contributed by atoms with Crippen molar-refractivity contribution in [2.24, 2.45) is 0 Å². The molecule has 1 aliphatic heterocycles. The van der Waals surface area contributed by atoms with Crippen LogP contribution in [0.5, 0.6) is 0 Å². The lowest BCUT2D eigenvalue weighted by Gasteiger charge is -2.29. The van der Waals surface area contributed by atoms with E-state index >= 15 is 0 Å². The highest BCUT2D eigenvalue weighted by Crippen LogP contribution is 2.32. The van der Waals surface area contributed by atoms with Gasteiger partial charge in [-0.25, -0.2) is 0 Å². The molecule has 30 heavy (non-hydrogen) atoms. The standard InChI is InChI=1S/C23H25F3N2O2/c1-22(2,3)17-11-9-16(10-12-17)21(30)28(15-27-13-5-8-20(27)29)19-7-4-6-18(14-19)23(24,25)26/h4,6-7,9-12,14H,5,8,13,15H2,1-3H3. The number of benzene rings is 2. The van der Waals surface area contributed by atoms with E-state index in [1.54, 1.807) is 12.1 Å². The van der Waals surface area contributed by atoms with E-state index in [-0.39, 0.29) is 23.7 Å². The molecule has 4 nitrogen and oxygen atoms in total. The van der Waals surface area contributed by atoms with E-state index in [2.05, 4.69) is 20.8 Å². The number of rotatable bonds is 4. The zero-order valence-electron chi connectivity index (χ0n) is 17.3. The minimum atomic E-state index is -4.53. The zero-order chi connectivity index (χ0) is 22.1. The Morgan fingerprint density at radius 3 is 2.23 bits per heavy atom. The molecule has 1 fully saturated rings. The van der Waals surface area contributed by atoms with Gasteiger partial charge in [0.15, 0.2) is 0 Å². The van der Waals surface area contributed by atoms with Crippen molar-refractivity contribution in [2.45, 2.75) is 45.2 Å². The molecule has 2 aromatic rings. The minimum Gasteiger partial charge on any atom is -0.324 e. The topological polar surface area (TPSA) is 40.6 Å². The summed E-state index contributed by atoms with van der Waals surface area (Å²) in [5, 5.41) is 0. The molecule has 1 saturated heterocycles. The monoisotopic (exact) mass is 418 g/mol. The Morgan fingerprint density at radius 2 is 1.70 bits per heavy atom. The van der Waals surface area contributed by atoms with Crippen molar-refractivity contribution < 1.29 is 22.8 Å². The summed E-state index contributed by atoms with van der Waals surface area (Å²) in [7, 11) is 0. The van der Waals surface area contributed by atoms with Gasteiger partial charge >= 0.3 is 6.18 Å². The Labute approximate surface area is 174 Å². The normalized spacial score (nSPS) is 14.9. The SMILES string of the molecule is CC(C)(C)c1ccc(C(=O)N(CN2CCCC2=O)c2cccc(C(F)(F)F)c2)cc1. The second-order valence-corrected chi connectivity index (χ2v) is 8.51. The molecule has 0 bridgehead atoms. The lowest BCUT2D eigenvalue weighted by atomic mass is 9.86. The molecule has 0 atom stereocenters. The van der Waals surface area contributed by atoms with E-state index in [0.717, 1.165) is 17.7 Å². The first kappa shape index (κ1) is 21.9. The van der Waals surface area contributed by atoms with Crippen LogP contribution < -0.4 is 4.90 Å². The number of carbonyl (C=O) groups excluding carboxylic acids is 2. The first-order chi connectivity index (χ1) is 14.0. The molecule has 0 unspecified atom stereocenters. The molecule has 0 spiro atoms. The van der Waals surface area contributed by atoms with Gasteiger partial charge in [-0.1, -0.05) is 39.0 Å². The van der Waals surface area contributed by atoms with Gasteiger partial charge in [-0.15, -0.1) is 0 Å². The maximum absolute atomic E-state index is 13.3. The maximum atomic E-state index is 13.3. The van der Waals surface area contributed by atoms with Crippen LogP contribution in [-0.2, 0) is 16.4 Å². The van der Waals surface area contributed by atoms with E-state index < -0.39 is 17.6 Å². The van der Waals surface area contributed by atoms with E-state index in [0.29, 0.717) is 24.9 Å². The van der Waals surface area contributed by atoms with Crippen LogP contribution in [0.15, 0.2) is 48.5 Å². The second-order valence-electron chi connectivity index (χ2n) is 8.51. The molecule has 3 rings (SSSR count). The quantitative estimate of drug-likeness (QED) is 0.682. The molecule has 2 amide bonds. The molecule has 160 valence electrons. The highest BCUT2D eigenvalue weighted by atomic mass is 19.4. The van der Waals surface area contributed by atoms with Crippen molar-refractivity contribution in [3.05, 3.63) is 65.2 Å². The predicted octanol–water partition coefficient (Wildman–Crippen LogP) is 5.23. The van der Waals surface area contributed by atoms with Crippen molar-refractivity contribution in [1.29, 1.82) is 0 Å².